The Morgan fingerprint density at radius 1 is 0.403 bits per heavy atom. The molecule has 0 saturated carbocycles. The van der Waals surface area contributed by atoms with Crippen LogP contribution >= 0.6 is 7.82 Å². The molecule has 11 nitrogen and oxygen atoms in total. The molecule has 0 aromatic rings. The van der Waals surface area contributed by atoms with Gasteiger partial charge in [0.15, 0.2) is 6.10 Å². The molecule has 0 rings (SSSR count). The van der Waals surface area contributed by atoms with Crippen LogP contribution in [0.4, 0.5) is 0 Å². The summed E-state index contributed by atoms with van der Waals surface area (Å²) in [6.07, 6.45) is 57.8. The number of carbonyl (C=O) groups excluding carboxylic acids is 3. The number of carbonyl (C=O) groups is 3. The van der Waals surface area contributed by atoms with Crippen LogP contribution in [-0.4, -0.2) is 66.5 Å². The van der Waals surface area contributed by atoms with Crippen molar-refractivity contribution in [2.75, 3.05) is 26.4 Å². The monoisotopic (exact) mass is 1040 g/mol. The van der Waals surface area contributed by atoms with Gasteiger partial charge in [-0.3, -0.25) is 23.4 Å². The molecular formula is C60H109O11P. The summed E-state index contributed by atoms with van der Waals surface area (Å²) in [6, 6.07) is 0. The minimum atomic E-state index is -4.75. The molecule has 72 heavy (non-hydrogen) atoms. The zero-order valence-corrected chi connectivity index (χ0v) is 47.3. The van der Waals surface area contributed by atoms with Gasteiger partial charge in [0, 0.05) is 19.3 Å². The van der Waals surface area contributed by atoms with Gasteiger partial charge in [0.25, 0.3) is 0 Å². The van der Waals surface area contributed by atoms with Crippen LogP contribution in [0.1, 0.15) is 278 Å². The molecule has 0 amide bonds. The number of phosphoric ester groups is 1. The highest BCUT2D eigenvalue weighted by Gasteiger charge is 2.28. The highest BCUT2D eigenvalue weighted by atomic mass is 31.2. The van der Waals surface area contributed by atoms with Gasteiger partial charge in [-0.25, -0.2) is 4.57 Å². The molecule has 0 aliphatic heterocycles. The Morgan fingerprint density at radius 3 is 1.14 bits per heavy atom. The third-order valence-electron chi connectivity index (χ3n) is 12.7. The molecule has 0 heterocycles. The highest BCUT2D eigenvalue weighted by Crippen LogP contribution is 2.43. The topological polar surface area (TPSA) is 155 Å². The predicted molar refractivity (Wildman–Crippen MR) is 298 cm³/mol. The molecule has 0 spiro atoms. The van der Waals surface area contributed by atoms with E-state index in [-0.39, 0.29) is 25.9 Å². The Hall–Kier alpha value is -2.56. The van der Waals surface area contributed by atoms with Crippen molar-refractivity contribution in [3.05, 3.63) is 48.6 Å². The molecule has 0 aromatic heterocycles. The minimum absolute atomic E-state index is 0.158. The van der Waals surface area contributed by atoms with E-state index in [2.05, 4.69) is 69.4 Å². The lowest BCUT2D eigenvalue weighted by Crippen LogP contribution is -2.30. The number of allylic oxidation sites excluding steroid dienone is 8. The Kier molecular flexibility index (Phi) is 52.7. The number of aliphatic hydroxyl groups excluding tert-OH is 1. The molecule has 0 saturated heterocycles. The predicted octanol–water partition coefficient (Wildman–Crippen LogP) is 17.4. The molecular weight excluding hydrogens is 928 g/mol. The molecule has 0 aliphatic carbocycles. The largest absolute Gasteiger partial charge is 0.472 e. The van der Waals surface area contributed by atoms with Gasteiger partial charge in [-0.1, -0.05) is 230 Å². The lowest BCUT2D eigenvalue weighted by atomic mass is 10.0. The zero-order chi connectivity index (χ0) is 52.7. The van der Waals surface area contributed by atoms with Crippen molar-refractivity contribution in [2.24, 2.45) is 0 Å². The third-order valence-corrected chi connectivity index (χ3v) is 13.7. The standard InChI is InChI=1S/C60H109O11P/c1-4-7-10-13-16-19-22-25-27-28-30-33-36-39-42-45-48-51-60(64)71-57(53-67-58(62)49-46-43-40-37-34-31-24-21-18-15-12-9-6-3)55-69-72(65,66)68-54-56(52-61)70-59(63)50-47-44-41-38-35-32-29-26-23-20-17-14-11-8-5-2/h9,12,18,21,25,27,31,34,56-57,61H,4-8,10-11,13-17,19-20,22-24,26,28-30,32-33,35-55H2,1-3H3,(H,65,66)/b12-9-,21-18-,27-25-,34-31-. The first kappa shape index (κ1) is 69.4. The van der Waals surface area contributed by atoms with Gasteiger partial charge in [0.2, 0.25) is 0 Å². The van der Waals surface area contributed by atoms with Gasteiger partial charge >= 0.3 is 25.7 Å². The number of hydrogen-bond donors (Lipinski definition) is 2. The van der Waals surface area contributed by atoms with Crippen LogP contribution < -0.4 is 0 Å². The summed E-state index contributed by atoms with van der Waals surface area (Å²) in [5.74, 6) is -1.49. The van der Waals surface area contributed by atoms with Crippen LogP contribution in [0.3, 0.4) is 0 Å². The van der Waals surface area contributed by atoms with Crippen molar-refractivity contribution in [2.45, 2.75) is 290 Å². The lowest BCUT2D eigenvalue weighted by molar-refractivity contribution is -0.161. The molecule has 420 valence electrons. The number of ether oxygens (including phenoxy) is 3. The van der Waals surface area contributed by atoms with E-state index in [1.165, 1.54) is 128 Å². The van der Waals surface area contributed by atoms with Crippen molar-refractivity contribution in [3.8, 4) is 0 Å². The van der Waals surface area contributed by atoms with Gasteiger partial charge in [0.1, 0.15) is 12.7 Å². The SMILES string of the molecule is CC/C=C\C/C=C\C/C=C\CCCCCC(=O)OCC(COP(=O)(O)OCC(CO)OC(=O)CCCCCCCCCCCCCCCCC)OC(=O)CCCCCCCCC/C=C\CCCCCCCC. The summed E-state index contributed by atoms with van der Waals surface area (Å²) in [4.78, 5) is 48.5. The van der Waals surface area contributed by atoms with E-state index in [1.54, 1.807) is 0 Å². The van der Waals surface area contributed by atoms with Crippen LogP contribution in [-0.2, 0) is 42.2 Å². The number of esters is 3. The van der Waals surface area contributed by atoms with Gasteiger partial charge in [0.05, 0.1) is 19.8 Å². The Balaban J connectivity index is 4.71. The average molecular weight is 1040 g/mol. The maximum atomic E-state index is 12.9. The van der Waals surface area contributed by atoms with E-state index < -0.39 is 57.8 Å². The van der Waals surface area contributed by atoms with Crippen molar-refractivity contribution in [3.63, 3.8) is 0 Å². The molecule has 12 heteroatoms. The number of hydrogen-bond acceptors (Lipinski definition) is 10. The second kappa shape index (κ2) is 54.7. The van der Waals surface area contributed by atoms with Gasteiger partial charge in [-0.05, 0) is 77.0 Å². The molecule has 2 N–H and O–H groups in total. The molecule has 0 fully saturated rings. The number of aliphatic hydroxyl groups is 1. The average Bonchev–Trinajstić information content (AvgIpc) is 3.37. The Labute approximate surface area is 441 Å². The van der Waals surface area contributed by atoms with Crippen molar-refractivity contribution in [1.29, 1.82) is 0 Å². The Bertz CT molecular complexity index is 1400. The van der Waals surface area contributed by atoms with Gasteiger partial charge in [-0.15, -0.1) is 0 Å². The second-order valence-electron chi connectivity index (χ2n) is 19.8. The van der Waals surface area contributed by atoms with Crippen molar-refractivity contribution in [1.82, 2.24) is 0 Å². The normalized spacial score (nSPS) is 13.7. The van der Waals surface area contributed by atoms with E-state index in [9.17, 15) is 28.9 Å². The van der Waals surface area contributed by atoms with Gasteiger partial charge < -0.3 is 24.2 Å². The molecule has 0 aliphatic rings. The molecule has 0 radical (unpaired) electrons. The fourth-order valence-corrected chi connectivity index (χ4v) is 9.03. The summed E-state index contributed by atoms with van der Waals surface area (Å²) in [7, 11) is -4.75. The van der Waals surface area contributed by atoms with E-state index >= 15 is 0 Å². The summed E-state index contributed by atoms with van der Waals surface area (Å²) < 4.78 is 39.5. The first-order valence-electron chi connectivity index (χ1n) is 29.5. The fourth-order valence-electron chi connectivity index (χ4n) is 8.25. The van der Waals surface area contributed by atoms with Crippen molar-refractivity contribution < 1.29 is 52.2 Å². The van der Waals surface area contributed by atoms with Crippen LogP contribution in [0.25, 0.3) is 0 Å². The molecule has 0 bridgehead atoms. The first-order valence-corrected chi connectivity index (χ1v) is 31.0. The van der Waals surface area contributed by atoms with E-state index in [0.29, 0.717) is 19.3 Å². The maximum absolute atomic E-state index is 12.9. The fraction of sp³-hybridized carbons (Fsp3) is 0.817. The summed E-state index contributed by atoms with van der Waals surface area (Å²) in [6.45, 7) is 4.53. The summed E-state index contributed by atoms with van der Waals surface area (Å²) in [5.41, 5.74) is 0. The van der Waals surface area contributed by atoms with Crippen LogP contribution in [0.5, 0.6) is 0 Å². The first-order chi connectivity index (χ1) is 35.2. The maximum Gasteiger partial charge on any atom is 0.472 e. The van der Waals surface area contributed by atoms with E-state index in [1.807, 2.05) is 0 Å². The molecule has 0 aromatic carbocycles. The summed E-state index contributed by atoms with van der Waals surface area (Å²) >= 11 is 0. The van der Waals surface area contributed by atoms with Crippen LogP contribution in [0.15, 0.2) is 48.6 Å². The number of rotatable bonds is 55. The lowest BCUT2D eigenvalue weighted by Gasteiger charge is -2.21. The van der Waals surface area contributed by atoms with E-state index in [0.717, 1.165) is 89.9 Å². The van der Waals surface area contributed by atoms with Crippen LogP contribution in [0, 0.1) is 0 Å². The van der Waals surface area contributed by atoms with Crippen molar-refractivity contribution >= 4 is 25.7 Å². The van der Waals surface area contributed by atoms with Crippen LogP contribution in [0.2, 0.25) is 0 Å². The minimum Gasteiger partial charge on any atom is -0.462 e. The second-order valence-corrected chi connectivity index (χ2v) is 21.2. The molecule has 3 unspecified atom stereocenters. The number of unbranched alkanes of at least 4 members (excludes halogenated alkanes) is 30. The molecule has 3 atom stereocenters. The third kappa shape index (κ3) is 52.3. The highest BCUT2D eigenvalue weighted by molar-refractivity contribution is 7.47. The quantitative estimate of drug-likeness (QED) is 0.0197. The smallest absolute Gasteiger partial charge is 0.462 e. The van der Waals surface area contributed by atoms with Gasteiger partial charge in [-0.2, -0.15) is 0 Å². The summed E-state index contributed by atoms with van der Waals surface area (Å²) in [5, 5.41) is 9.82. The van der Waals surface area contributed by atoms with E-state index in [4.69, 9.17) is 23.3 Å². The zero-order valence-electron chi connectivity index (χ0n) is 46.4. The number of phosphoric acid groups is 1. The Morgan fingerprint density at radius 2 is 0.722 bits per heavy atom.